The maximum absolute atomic E-state index is 16.2. The van der Waals surface area contributed by atoms with E-state index in [-0.39, 0.29) is 64.2 Å². The van der Waals surface area contributed by atoms with Crippen molar-refractivity contribution in [1.82, 2.24) is 19.4 Å². The Morgan fingerprint density at radius 2 is 1.76 bits per heavy atom. The molecule has 2 bridgehead atoms. The summed E-state index contributed by atoms with van der Waals surface area (Å²) in [6, 6.07) is 10.1. The zero-order chi connectivity index (χ0) is 32.2. The SMILES string of the molecule is C=CC(=O)N1C[C@H](C)N(c2nc(=O)n3c4nc(c(F)cc24)-c2c(F)cccc2NC(=O)CNc2cccc(C(C)C)c2-3)C[C@H]1C. The number of carbonyl (C=O) groups excluding carboxylic acids is 2. The third-order valence-electron chi connectivity index (χ3n) is 8.39. The van der Waals surface area contributed by atoms with Gasteiger partial charge in [-0.2, -0.15) is 4.98 Å². The Balaban J connectivity index is 1.70. The molecule has 2 atom stereocenters. The lowest BCUT2D eigenvalue weighted by Gasteiger charge is -2.44. The molecule has 2 aliphatic rings. The third-order valence-corrected chi connectivity index (χ3v) is 8.39. The fraction of sp³-hybridized carbons (Fsp3) is 0.303. The van der Waals surface area contributed by atoms with Crippen LogP contribution in [-0.2, 0) is 9.59 Å². The first-order valence-corrected chi connectivity index (χ1v) is 14.8. The number of aromatic nitrogens is 3. The van der Waals surface area contributed by atoms with Gasteiger partial charge in [0.25, 0.3) is 0 Å². The molecule has 2 N–H and O–H groups in total. The normalized spacial score (nSPS) is 18.1. The zero-order valence-electron chi connectivity index (χ0n) is 25.4. The van der Waals surface area contributed by atoms with Crippen LogP contribution in [0.3, 0.4) is 0 Å². The number of hydrogen-bond acceptors (Lipinski definition) is 7. The number of nitrogens with one attached hydrogen (secondary N) is 2. The van der Waals surface area contributed by atoms with Crippen molar-refractivity contribution in [1.29, 1.82) is 0 Å². The van der Waals surface area contributed by atoms with E-state index in [4.69, 9.17) is 0 Å². The highest BCUT2D eigenvalue weighted by atomic mass is 19.1. The van der Waals surface area contributed by atoms with Gasteiger partial charge >= 0.3 is 5.69 Å². The number of benzene rings is 2. The van der Waals surface area contributed by atoms with Crippen LogP contribution in [0.5, 0.6) is 0 Å². The minimum absolute atomic E-state index is 0.0397. The molecule has 0 aliphatic carbocycles. The monoisotopic (exact) mass is 613 g/mol. The van der Waals surface area contributed by atoms with Crippen LogP contribution in [0.15, 0.2) is 59.9 Å². The molecule has 2 aromatic carbocycles. The Labute approximate surface area is 258 Å². The van der Waals surface area contributed by atoms with E-state index in [1.165, 1.54) is 28.8 Å². The van der Waals surface area contributed by atoms with Crippen molar-refractivity contribution in [2.24, 2.45) is 0 Å². The highest BCUT2D eigenvalue weighted by molar-refractivity contribution is 5.99. The van der Waals surface area contributed by atoms with Gasteiger partial charge in [0, 0.05) is 25.2 Å². The van der Waals surface area contributed by atoms with Crippen molar-refractivity contribution in [2.45, 2.75) is 45.7 Å². The molecule has 6 rings (SSSR count). The van der Waals surface area contributed by atoms with E-state index in [2.05, 4.69) is 27.2 Å². The number of amides is 2. The fourth-order valence-corrected chi connectivity index (χ4v) is 6.21. The minimum Gasteiger partial charge on any atom is -0.374 e. The van der Waals surface area contributed by atoms with Crippen molar-refractivity contribution in [3.8, 4) is 16.9 Å². The van der Waals surface area contributed by atoms with Gasteiger partial charge in [-0.3, -0.25) is 9.59 Å². The van der Waals surface area contributed by atoms with Gasteiger partial charge in [0.05, 0.1) is 34.6 Å². The van der Waals surface area contributed by atoms with E-state index in [0.29, 0.717) is 24.5 Å². The minimum atomic E-state index is -0.856. The van der Waals surface area contributed by atoms with E-state index >= 15 is 8.78 Å². The van der Waals surface area contributed by atoms with Crippen molar-refractivity contribution >= 4 is 40.0 Å². The first-order chi connectivity index (χ1) is 21.5. The summed E-state index contributed by atoms with van der Waals surface area (Å²) in [5.41, 5.74) is 0.477. The van der Waals surface area contributed by atoms with Crippen LogP contribution in [0, 0.1) is 11.6 Å². The summed E-state index contributed by atoms with van der Waals surface area (Å²) in [4.78, 5) is 52.4. The number of para-hydroxylation sites is 1. The second-order valence-electron chi connectivity index (χ2n) is 11.8. The lowest BCUT2D eigenvalue weighted by Crippen LogP contribution is -2.58. The third kappa shape index (κ3) is 5.09. The lowest BCUT2D eigenvalue weighted by molar-refractivity contribution is -0.128. The maximum atomic E-state index is 16.2. The highest BCUT2D eigenvalue weighted by Crippen LogP contribution is 2.38. The van der Waals surface area contributed by atoms with Crippen LogP contribution in [0.4, 0.5) is 26.0 Å². The first kappa shape index (κ1) is 29.9. The molecule has 2 amide bonds. The highest BCUT2D eigenvalue weighted by Gasteiger charge is 2.34. The zero-order valence-corrected chi connectivity index (χ0v) is 25.4. The lowest BCUT2D eigenvalue weighted by atomic mass is 9.99. The van der Waals surface area contributed by atoms with Gasteiger partial charge in [-0.05, 0) is 55.7 Å². The predicted molar refractivity (Wildman–Crippen MR) is 170 cm³/mol. The van der Waals surface area contributed by atoms with Gasteiger partial charge in [-0.15, -0.1) is 0 Å². The Morgan fingerprint density at radius 3 is 2.49 bits per heavy atom. The molecule has 2 aliphatic heterocycles. The second kappa shape index (κ2) is 11.4. The number of halogens is 2. The van der Waals surface area contributed by atoms with Gasteiger partial charge < -0.3 is 20.4 Å². The summed E-state index contributed by atoms with van der Waals surface area (Å²) in [7, 11) is 0. The number of anilines is 3. The molecule has 0 saturated carbocycles. The maximum Gasteiger partial charge on any atom is 0.355 e. The van der Waals surface area contributed by atoms with Crippen LogP contribution in [0.25, 0.3) is 28.0 Å². The standard InChI is InChI=1S/C33H33F2N7O3/c1-6-27(44)40-15-19(5)41(16-18(40)4)31-21-13-23(35)29-28-22(34)10-8-11-24(28)37-26(43)14-36-25-12-7-9-20(17(2)3)30(25)42(32(21)38-29)33(45)39-31/h6-13,17-19,36H,1,14-16H2,2-5H3,(H,37,43)/t18-,19+/m1/s1. The number of fused-ring (bicyclic) bond motifs is 5. The van der Waals surface area contributed by atoms with Crippen LogP contribution in [0.2, 0.25) is 0 Å². The Bertz CT molecular complexity index is 1940. The number of pyridine rings is 1. The van der Waals surface area contributed by atoms with Gasteiger partial charge in [-0.25, -0.2) is 23.1 Å². The van der Waals surface area contributed by atoms with Crippen molar-refractivity contribution in [2.75, 3.05) is 35.2 Å². The van der Waals surface area contributed by atoms with E-state index in [1.54, 1.807) is 11.0 Å². The molecular weight excluding hydrogens is 580 g/mol. The summed E-state index contributed by atoms with van der Waals surface area (Å²) < 4.78 is 33.0. The molecule has 45 heavy (non-hydrogen) atoms. The molecule has 0 radical (unpaired) electrons. The topological polar surface area (TPSA) is 112 Å². The van der Waals surface area contributed by atoms with Crippen LogP contribution < -0.4 is 21.2 Å². The molecule has 4 aromatic rings. The van der Waals surface area contributed by atoms with E-state index in [1.807, 2.05) is 44.7 Å². The quantitative estimate of drug-likeness (QED) is 0.319. The van der Waals surface area contributed by atoms with Gasteiger partial charge in [0.2, 0.25) is 11.8 Å². The number of hydrogen-bond donors (Lipinski definition) is 2. The molecule has 1 saturated heterocycles. The summed E-state index contributed by atoms with van der Waals surface area (Å²) >= 11 is 0. The Hall–Kier alpha value is -5.13. The summed E-state index contributed by atoms with van der Waals surface area (Å²) in [6.45, 7) is 11.7. The molecule has 12 heteroatoms. The Morgan fingerprint density at radius 1 is 1.02 bits per heavy atom. The largest absolute Gasteiger partial charge is 0.374 e. The van der Waals surface area contributed by atoms with Crippen molar-refractivity contribution in [3.63, 3.8) is 0 Å². The first-order valence-electron chi connectivity index (χ1n) is 14.8. The van der Waals surface area contributed by atoms with Crippen LogP contribution >= 0.6 is 0 Å². The molecule has 232 valence electrons. The molecule has 2 aromatic heterocycles. The van der Waals surface area contributed by atoms with Crippen LogP contribution in [-0.4, -0.2) is 63.0 Å². The van der Waals surface area contributed by atoms with Crippen molar-refractivity contribution in [3.05, 3.63) is 82.8 Å². The smallest absolute Gasteiger partial charge is 0.355 e. The van der Waals surface area contributed by atoms with E-state index in [0.717, 1.165) is 11.6 Å². The van der Waals surface area contributed by atoms with Crippen LogP contribution in [0.1, 0.15) is 39.2 Å². The fourth-order valence-electron chi connectivity index (χ4n) is 6.21. The van der Waals surface area contributed by atoms with Gasteiger partial charge in [-0.1, -0.05) is 38.6 Å². The molecule has 0 spiro atoms. The molecule has 10 nitrogen and oxygen atoms in total. The number of carbonyl (C=O) groups is 2. The molecule has 0 unspecified atom stereocenters. The predicted octanol–water partition coefficient (Wildman–Crippen LogP) is 4.82. The van der Waals surface area contributed by atoms with Gasteiger partial charge in [0.15, 0.2) is 11.5 Å². The summed E-state index contributed by atoms with van der Waals surface area (Å²) in [6.07, 6.45) is 1.26. The molecular formula is C33H33F2N7O3. The summed E-state index contributed by atoms with van der Waals surface area (Å²) in [5.74, 6) is -2.22. The number of rotatable bonds is 3. The summed E-state index contributed by atoms with van der Waals surface area (Å²) in [5, 5.41) is 6.04. The molecule has 1 fully saturated rings. The number of nitrogens with zero attached hydrogens (tertiary/aromatic N) is 5. The van der Waals surface area contributed by atoms with Crippen molar-refractivity contribution < 1.29 is 18.4 Å². The Kier molecular flexibility index (Phi) is 7.59. The molecule has 4 heterocycles. The van der Waals surface area contributed by atoms with Gasteiger partial charge in [0.1, 0.15) is 17.3 Å². The average Bonchev–Trinajstić information content (AvgIpc) is 3.00. The average molecular weight is 614 g/mol. The van der Waals surface area contributed by atoms with E-state index < -0.39 is 23.2 Å². The van der Waals surface area contributed by atoms with E-state index in [9.17, 15) is 14.4 Å². The second-order valence-corrected chi connectivity index (χ2v) is 11.8. The number of piperazine rings is 1.